The number of halogens is 2. The number of phenols is 1. The number of nitro groups is 1. The Morgan fingerprint density at radius 2 is 2.05 bits per heavy atom. The van der Waals surface area contributed by atoms with Gasteiger partial charge in [0.15, 0.2) is 0 Å². The van der Waals surface area contributed by atoms with Crippen LogP contribution in [0.3, 0.4) is 0 Å². The highest BCUT2D eigenvalue weighted by molar-refractivity contribution is 9.10. The lowest BCUT2D eigenvalue weighted by Gasteiger charge is -2.16. The monoisotopic (exact) mass is 354 g/mol. The number of aromatic hydroxyl groups is 1. The van der Waals surface area contributed by atoms with Gasteiger partial charge in [-0.25, -0.2) is 4.39 Å². The third-order valence-corrected chi connectivity index (χ3v) is 3.47. The second kappa shape index (κ2) is 6.09. The number of nitrogens with zero attached hydrogens (tertiary/aromatic N) is 1. The minimum atomic E-state index is -0.574. The third-order valence-electron chi connectivity index (χ3n) is 2.98. The summed E-state index contributed by atoms with van der Waals surface area (Å²) >= 11 is 3.18. The average molecular weight is 355 g/mol. The standard InChI is InChI=1S/C14H12BrFN2O3/c1-8(11-4-3-10(19)7-12(11)16)17-13-5-2-9(15)6-14(13)18(20)21/h2-8,17,19H,1H3. The summed E-state index contributed by atoms with van der Waals surface area (Å²) in [6, 6.07) is 7.91. The van der Waals surface area contributed by atoms with Crippen molar-refractivity contribution in [2.45, 2.75) is 13.0 Å². The van der Waals surface area contributed by atoms with E-state index in [2.05, 4.69) is 21.2 Å². The Balaban J connectivity index is 2.31. The van der Waals surface area contributed by atoms with Crippen molar-refractivity contribution in [2.75, 3.05) is 5.32 Å². The van der Waals surface area contributed by atoms with E-state index in [1.54, 1.807) is 19.1 Å². The molecule has 0 aliphatic rings. The number of hydrogen-bond acceptors (Lipinski definition) is 4. The van der Waals surface area contributed by atoms with Crippen molar-refractivity contribution in [1.29, 1.82) is 0 Å². The number of phenolic OH excluding ortho intramolecular Hbond substituents is 1. The van der Waals surface area contributed by atoms with Crippen LogP contribution in [0.4, 0.5) is 15.8 Å². The van der Waals surface area contributed by atoms with E-state index in [4.69, 9.17) is 0 Å². The van der Waals surface area contributed by atoms with Crippen LogP contribution in [0.2, 0.25) is 0 Å². The van der Waals surface area contributed by atoms with Gasteiger partial charge in [0.2, 0.25) is 0 Å². The summed E-state index contributed by atoms with van der Waals surface area (Å²) in [7, 11) is 0. The zero-order valence-corrected chi connectivity index (χ0v) is 12.6. The fraction of sp³-hybridized carbons (Fsp3) is 0.143. The van der Waals surface area contributed by atoms with E-state index in [0.29, 0.717) is 15.7 Å². The first-order chi connectivity index (χ1) is 9.88. The molecule has 0 aliphatic carbocycles. The van der Waals surface area contributed by atoms with Gasteiger partial charge in [-0.05, 0) is 25.1 Å². The molecule has 21 heavy (non-hydrogen) atoms. The van der Waals surface area contributed by atoms with E-state index in [1.165, 1.54) is 18.2 Å². The molecule has 1 atom stereocenters. The Kier molecular flexibility index (Phi) is 4.42. The van der Waals surface area contributed by atoms with Crippen LogP contribution in [-0.2, 0) is 0 Å². The molecular formula is C14H12BrFN2O3. The molecule has 0 bridgehead atoms. The van der Waals surface area contributed by atoms with Crippen molar-refractivity contribution >= 4 is 27.3 Å². The minimum Gasteiger partial charge on any atom is -0.508 e. The van der Waals surface area contributed by atoms with Crippen molar-refractivity contribution in [2.24, 2.45) is 0 Å². The lowest BCUT2D eigenvalue weighted by Crippen LogP contribution is -2.10. The number of hydrogen-bond donors (Lipinski definition) is 2. The summed E-state index contributed by atoms with van der Waals surface area (Å²) in [6.45, 7) is 1.68. The smallest absolute Gasteiger partial charge is 0.293 e. The van der Waals surface area contributed by atoms with Crippen LogP contribution >= 0.6 is 15.9 Å². The van der Waals surface area contributed by atoms with Crippen molar-refractivity contribution in [3.63, 3.8) is 0 Å². The predicted molar refractivity (Wildman–Crippen MR) is 80.9 cm³/mol. The van der Waals surface area contributed by atoms with Crippen LogP contribution in [0.5, 0.6) is 5.75 Å². The topological polar surface area (TPSA) is 75.4 Å². The normalized spacial score (nSPS) is 12.0. The van der Waals surface area contributed by atoms with Gasteiger partial charge >= 0.3 is 0 Å². The van der Waals surface area contributed by atoms with Crippen molar-refractivity contribution in [1.82, 2.24) is 0 Å². The summed E-state index contributed by atoms with van der Waals surface area (Å²) in [5.41, 5.74) is 0.503. The van der Waals surface area contributed by atoms with Crippen molar-refractivity contribution < 1.29 is 14.4 Å². The third kappa shape index (κ3) is 3.49. The van der Waals surface area contributed by atoms with E-state index in [1.807, 2.05) is 0 Å². The fourth-order valence-electron chi connectivity index (χ4n) is 1.96. The van der Waals surface area contributed by atoms with Gasteiger partial charge in [0.25, 0.3) is 5.69 Å². The molecule has 0 aliphatic heterocycles. The number of benzene rings is 2. The zero-order chi connectivity index (χ0) is 15.6. The zero-order valence-electron chi connectivity index (χ0n) is 11.0. The summed E-state index contributed by atoms with van der Waals surface area (Å²) in [5.74, 6) is -0.743. The Morgan fingerprint density at radius 1 is 1.33 bits per heavy atom. The maximum absolute atomic E-state index is 13.8. The minimum absolute atomic E-state index is 0.101. The highest BCUT2D eigenvalue weighted by atomic mass is 79.9. The molecule has 0 amide bonds. The Morgan fingerprint density at radius 3 is 2.67 bits per heavy atom. The molecule has 0 radical (unpaired) electrons. The van der Waals surface area contributed by atoms with E-state index >= 15 is 0 Å². The van der Waals surface area contributed by atoms with Gasteiger partial charge in [-0.2, -0.15) is 0 Å². The van der Waals surface area contributed by atoms with E-state index in [9.17, 15) is 19.6 Å². The van der Waals surface area contributed by atoms with Crippen LogP contribution in [0, 0.1) is 15.9 Å². The van der Waals surface area contributed by atoms with Crippen LogP contribution in [0.1, 0.15) is 18.5 Å². The maximum Gasteiger partial charge on any atom is 0.293 e. The second-order valence-corrected chi connectivity index (χ2v) is 5.41. The Labute approximate surface area is 128 Å². The lowest BCUT2D eigenvalue weighted by molar-refractivity contribution is -0.384. The molecule has 0 heterocycles. The largest absolute Gasteiger partial charge is 0.508 e. The molecule has 0 spiro atoms. The number of nitro benzene ring substituents is 1. The summed E-state index contributed by atoms with van der Waals surface area (Å²) in [5, 5.41) is 23.2. The molecule has 2 aromatic carbocycles. The van der Waals surface area contributed by atoms with E-state index in [-0.39, 0.29) is 11.4 Å². The van der Waals surface area contributed by atoms with Gasteiger partial charge < -0.3 is 10.4 Å². The molecule has 2 rings (SSSR count). The fourth-order valence-corrected chi connectivity index (χ4v) is 2.31. The highest BCUT2D eigenvalue weighted by Crippen LogP contribution is 2.31. The van der Waals surface area contributed by atoms with Gasteiger partial charge in [0, 0.05) is 22.2 Å². The first-order valence-electron chi connectivity index (χ1n) is 6.07. The molecule has 0 saturated carbocycles. The molecule has 0 fully saturated rings. The van der Waals surface area contributed by atoms with Gasteiger partial charge in [-0.1, -0.05) is 22.0 Å². The number of rotatable bonds is 4. The average Bonchev–Trinajstić information content (AvgIpc) is 2.40. The van der Waals surface area contributed by atoms with Crippen LogP contribution in [-0.4, -0.2) is 10.0 Å². The molecule has 0 saturated heterocycles. The summed E-state index contributed by atoms with van der Waals surface area (Å²) in [4.78, 5) is 10.5. The number of nitrogens with one attached hydrogen (secondary N) is 1. The van der Waals surface area contributed by atoms with E-state index < -0.39 is 16.8 Å². The SMILES string of the molecule is CC(Nc1ccc(Br)cc1[N+](=O)[O-])c1ccc(O)cc1F. The molecule has 7 heteroatoms. The molecule has 1 unspecified atom stereocenters. The van der Waals surface area contributed by atoms with Crippen LogP contribution in [0.15, 0.2) is 40.9 Å². The summed E-state index contributed by atoms with van der Waals surface area (Å²) in [6.07, 6.45) is 0. The molecule has 5 nitrogen and oxygen atoms in total. The Bertz CT molecular complexity index is 694. The van der Waals surface area contributed by atoms with Gasteiger partial charge in [-0.15, -0.1) is 0 Å². The van der Waals surface area contributed by atoms with Crippen molar-refractivity contribution in [3.8, 4) is 5.75 Å². The molecule has 0 aromatic heterocycles. The van der Waals surface area contributed by atoms with Gasteiger partial charge in [0.1, 0.15) is 17.3 Å². The molecule has 110 valence electrons. The van der Waals surface area contributed by atoms with Crippen LogP contribution in [0.25, 0.3) is 0 Å². The molecule has 2 N–H and O–H groups in total. The maximum atomic E-state index is 13.8. The Hall–Kier alpha value is -2.15. The summed E-state index contributed by atoms with van der Waals surface area (Å²) < 4.78 is 14.4. The highest BCUT2D eigenvalue weighted by Gasteiger charge is 2.18. The second-order valence-electron chi connectivity index (χ2n) is 4.49. The molecule has 2 aromatic rings. The van der Waals surface area contributed by atoms with Gasteiger partial charge in [-0.3, -0.25) is 10.1 Å². The first-order valence-corrected chi connectivity index (χ1v) is 6.86. The predicted octanol–water partition coefficient (Wildman–Crippen LogP) is 4.38. The van der Waals surface area contributed by atoms with Crippen LogP contribution < -0.4 is 5.32 Å². The van der Waals surface area contributed by atoms with Crippen molar-refractivity contribution in [3.05, 3.63) is 62.4 Å². The molecular weight excluding hydrogens is 343 g/mol. The lowest BCUT2D eigenvalue weighted by atomic mass is 10.1. The number of anilines is 1. The van der Waals surface area contributed by atoms with Gasteiger partial charge in [0.05, 0.1) is 11.0 Å². The quantitative estimate of drug-likeness (QED) is 0.631. The van der Waals surface area contributed by atoms with E-state index in [0.717, 1.165) is 6.07 Å². The first kappa shape index (κ1) is 15.2.